The minimum Gasteiger partial charge on any atom is -0.478 e. The quantitative estimate of drug-likeness (QED) is 0.611. The maximum Gasteiger partial charge on any atom is 0.338 e. The van der Waals surface area contributed by atoms with Crippen LogP contribution in [0.3, 0.4) is 0 Å². The Kier molecular flexibility index (Phi) is 4.33. The zero-order valence-corrected chi connectivity index (χ0v) is 11.2. The van der Waals surface area contributed by atoms with Crippen molar-refractivity contribution in [2.75, 3.05) is 11.9 Å². The minimum atomic E-state index is -1.32. The summed E-state index contributed by atoms with van der Waals surface area (Å²) in [5.41, 5.74) is -0.554. The molecule has 2 aromatic rings. The first-order valence-electron chi connectivity index (χ1n) is 5.69. The molecule has 0 radical (unpaired) electrons. The molecule has 0 saturated carbocycles. The fourth-order valence-electron chi connectivity index (χ4n) is 1.65. The number of carbonyl (C=O) groups is 1. The van der Waals surface area contributed by atoms with Crippen LogP contribution >= 0.6 is 11.6 Å². The van der Waals surface area contributed by atoms with Gasteiger partial charge in [0.1, 0.15) is 0 Å². The van der Waals surface area contributed by atoms with E-state index in [9.17, 15) is 14.9 Å². The number of nitrogens with zero attached hydrogens (tertiary/aromatic N) is 3. The topological polar surface area (TPSA) is 131 Å². The molecule has 0 aliphatic rings. The molecule has 0 bridgehead atoms. The SMILES string of the molecule is O=C(O)c1cc([N+](=O)[O-])cc(Cl)c1NCCc1ncon1. The summed E-state index contributed by atoms with van der Waals surface area (Å²) in [6.45, 7) is 0.289. The number of aromatic nitrogens is 2. The number of anilines is 1. The summed E-state index contributed by atoms with van der Waals surface area (Å²) in [7, 11) is 0. The van der Waals surface area contributed by atoms with Gasteiger partial charge < -0.3 is 14.9 Å². The number of nitrogens with one attached hydrogen (secondary N) is 1. The second-order valence-corrected chi connectivity index (χ2v) is 4.34. The van der Waals surface area contributed by atoms with Gasteiger partial charge in [-0.1, -0.05) is 16.8 Å². The molecule has 0 spiro atoms. The molecule has 0 aliphatic heterocycles. The number of nitro benzene ring substituents is 1. The van der Waals surface area contributed by atoms with Crippen molar-refractivity contribution < 1.29 is 19.3 Å². The summed E-state index contributed by atoms with van der Waals surface area (Å²) in [6, 6.07) is 2.04. The van der Waals surface area contributed by atoms with Gasteiger partial charge in [-0.3, -0.25) is 10.1 Å². The maximum absolute atomic E-state index is 11.2. The lowest BCUT2D eigenvalue weighted by atomic mass is 10.1. The van der Waals surface area contributed by atoms with E-state index < -0.39 is 10.9 Å². The highest BCUT2D eigenvalue weighted by molar-refractivity contribution is 6.34. The first-order valence-corrected chi connectivity index (χ1v) is 6.07. The lowest BCUT2D eigenvalue weighted by molar-refractivity contribution is -0.384. The number of carboxylic acid groups (broad SMARTS) is 1. The van der Waals surface area contributed by atoms with Gasteiger partial charge in [-0.15, -0.1) is 0 Å². The molecule has 9 nitrogen and oxygen atoms in total. The smallest absolute Gasteiger partial charge is 0.338 e. The van der Waals surface area contributed by atoms with E-state index in [0.29, 0.717) is 12.2 Å². The molecule has 0 unspecified atom stereocenters. The number of non-ortho nitro benzene ring substituents is 1. The zero-order valence-electron chi connectivity index (χ0n) is 10.4. The van der Waals surface area contributed by atoms with E-state index in [2.05, 4.69) is 20.0 Å². The predicted octanol–water partition coefficient (Wildman–Crippen LogP) is 1.98. The molecule has 1 aromatic carbocycles. The van der Waals surface area contributed by atoms with E-state index in [0.717, 1.165) is 12.1 Å². The largest absolute Gasteiger partial charge is 0.478 e. The van der Waals surface area contributed by atoms with Gasteiger partial charge in [0.25, 0.3) is 5.69 Å². The van der Waals surface area contributed by atoms with Crippen LogP contribution in [0.5, 0.6) is 0 Å². The van der Waals surface area contributed by atoms with Gasteiger partial charge in [-0.25, -0.2) is 4.79 Å². The molecule has 21 heavy (non-hydrogen) atoms. The Labute approximate surface area is 122 Å². The van der Waals surface area contributed by atoms with Crippen molar-refractivity contribution in [3.05, 3.63) is 45.1 Å². The average Bonchev–Trinajstić information content (AvgIpc) is 2.92. The monoisotopic (exact) mass is 312 g/mol. The summed E-state index contributed by atoms with van der Waals surface area (Å²) in [4.78, 5) is 25.0. The van der Waals surface area contributed by atoms with E-state index >= 15 is 0 Å². The Balaban J connectivity index is 2.21. The average molecular weight is 313 g/mol. The number of benzene rings is 1. The van der Waals surface area contributed by atoms with Crippen LogP contribution in [0.1, 0.15) is 16.2 Å². The van der Waals surface area contributed by atoms with Crippen molar-refractivity contribution in [2.45, 2.75) is 6.42 Å². The van der Waals surface area contributed by atoms with Crippen molar-refractivity contribution in [1.82, 2.24) is 10.1 Å². The van der Waals surface area contributed by atoms with Gasteiger partial charge in [-0.05, 0) is 0 Å². The maximum atomic E-state index is 11.2. The van der Waals surface area contributed by atoms with E-state index in [1.807, 2.05) is 0 Å². The molecule has 0 aliphatic carbocycles. The van der Waals surface area contributed by atoms with E-state index in [1.165, 1.54) is 6.39 Å². The van der Waals surface area contributed by atoms with Gasteiger partial charge in [0, 0.05) is 25.1 Å². The fourth-order valence-corrected chi connectivity index (χ4v) is 1.93. The van der Waals surface area contributed by atoms with Crippen LogP contribution in [0.25, 0.3) is 0 Å². The van der Waals surface area contributed by atoms with Crippen LogP contribution in [-0.2, 0) is 6.42 Å². The zero-order chi connectivity index (χ0) is 15.4. The third kappa shape index (κ3) is 3.45. The Morgan fingerprint density at radius 3 is 2.86 bits per heavy atom. The Bertz CT molecular complexity index is 674. The van der Waals surface area contributed by atoms with Gasteiger partial charge >= 0.3 is 5.97 Å². The number of rotatable bonds is 6. The molecule has 2 N–H and O–H groups in total. The van der Waals surface area contributed by atoms with Crippen LogP contribution in [0, 0.1) is 10.1 Å². The number of aromatic carboxylic acids is 1. The first kappa shape index (κ1) is 14.7. The van der Waals surface area contributed by atoms with Crippen LogP contribution in [0.2, 0.25) is 5.02 Å². The summed E-state index contributed by atoms with van der Waals surface area (Å²) in [5.74, 6) is -0.875. The van der Waals surface area contributed by atoms with E-state index in [4.69, 9.17) is 16.7 Å². The molecule has 110 valence electrons. The Hall–Kier alpha value is -2.68. The molecular formula is C11H9ClN4O5. The van der Waals surface area contributed by atoms with Crippen molar-refractivity contribution >= 4 is 28.9 Å². The fraction of sp³-hybridized carbons (Fsp3) is 0.182. The number of nitro groups is 1. The van der Waals surface area contributed by atoms with Crippen LogP contribution in [0.15, 0.2) is 23.0 Å². The van der Waals surface area contributed by atoms with Crippen molar-refractivity contribution in [2.24, 2.45) is 0 Å². The molecule has 0 saturated heterocycles. The number of halogens is 1. The highest BCUT2D eigenvalue weighted by Crippen LogP contribution is 2.31. The highest BCUT2D eigenvalue weighted by Gasteiger charge is 2.20. The Morgan fingerprint density at radius 2 is 2.29 bits per heavy atom. The molecule has 0 atom stereocenters. The van der Waals surface area contributed by atoms with Crippen molar-refractivity contribution in [3.63, 3.8) is 0 Å². The molecule has 1 heterocycles. The van der Waals surface area contributed by atoms with Gasteiger partial charge in [0.05, 0.1) is 21.2 Å². The minimum absolute atomic E-state index is 0.0466. The summed E-state index contributed by atoms with van der Waals surface area (Å²) >= 11 is 5.90. The number of hydrogen-bond donors (Lipinski definition) is 2. The third-order valence-corrected chi connectivity index (χ3v) is 2.87. The molecule has 0 amide bonds. The van der Waals surface area contributed by atoms with Crippen LogP contribution in [-0.4, -0.2) is 32.7 Å². The standard InChI is InChI=1S/C11H9ClN4O5/c12-8-4-6(16(19)20)3-7(11(17)18)10(8)13-2-1-9-14-5-21-15-9/h3-5,13H,1-2H2,(H,17,18). The summed E-state index contributed by atoms with van der Waals surface area (Å²) in [5, 5.41) is 26.2. The van der Waals surface area contributed by atoms with Crippen LogP contribution in [0.4, 0.5) is 11.4 Å². The second-order valence-electron chi connectivity index (χ2n) is 3.94. The predicted molar refractivity (Wildman–Crippen MR) is 71.6 cm³/mol. The number of carboxylic acids is 1. The lowest BCUT2D eigenvalue weighted by Gasteiger charge is -2.10. The molecular weight excluding hydrogens is 304 g/mol. The van der Waals surface area contributed by atoms with Crippen molar-refractivity contribution in [3.8, 4) is 0 Å². The lowest BCUT2D eigenvalue weighted by Crippen LogP contribution is -2.11. The van der Waals surface area contributed by atoms with Crippen LogP contribution < -0.4 is 5.32 Å². The van der Waals surface area contributed by atoms with Gasteiger partial charge in [0.2, 0.25) is 6.39 Å². The summed E-state index contributed by atoms with van der Waals surface area (Å²) in [6.07, 6.45) is 1.56. The van der Waals surface area contributed by atoms with Gasteiger partial charge in [0.15, 0.2) is 5.82 Å². The third-order valence-electron chi connectivity index (χ3n) is 2.57. The van der Waals surface area contributed by atoms with E-state index in [1.54, 1.807) is 0 Å². The molecule has 10 heteroatoms. The summed E-state index contributed by atoms with van der Waals surface area (Å²) < 4.78 is 4.56. The molecule has 2 rings (SSSR count). The molecule has 1 aromatic heterocycles. The van der Waals surface area contributed by atoms with E-state index in [-0.39, 0.29) is 28.5 Å². The van der Waals surface area contributed by atoms with Crippen molar-refractivity contribution in [1.29, 1.82) is 0 Å². The second kappa shape index (κ2) is 6.18. The molecule has 0 fully saturated rings. The normalized spacial score (nSPS) is 10.3. The Morgan fingerprint density at radius 1 is 1.52 bits per heavy atom. The first-order chi connectivity index (χ1) is 9.99. The highest BCUT2D eigenvalue weighted by atomic mass is 35.5. The van der Waals surface area contributed by atoms with Gasteiger partial charge in [-0.2, -0.15) is 4.98 Å². The number of hydrogen-bond acceptors (Lipinski definition) is 7.